The van der Waals surface area contributed by atoms with E-state index in [1.165, 1.54) is 60.5 Å². The van der Waals surface area contributed by atoms with Gasteiger partial charge in [0, 0.05) is 39.9 Å². The third-order valence-corrected chi connectivity index (χ3v) is 8.01. The summed E-state index contributed by atoms with van der Waals surface area (Å²) < 4.78 is 11.3. The fourth-order valence-corrected chi connectivity index (χ4v) is 6.47. The van der Waals surface area contributed by atoms with Crippen molar-refractivity contribution in [2.75, 3.05) is 6.54 Å². The predicted molar refractivity (Wildman–Crippen MR) is 137 cm³/mol. The van der Waals surface area contributed by atoms with Gasteiger partial charge in [-0.05, 0) is 48.8 Å². The summed E-state index contributed by atoms with van der Waals surface area (Å²) in [5.41, 5.74) is 10.2. The maximum absolute atomic E-state index is 6.41. The normalized spacial score (nSPS) is 18.2. The van der Waals surface area contributed by atoms with E-state index in [2.05, 4.69) is 95.8 Å². The van der Waals surface area contributed by atoms with Gasteiger partial charge in [-0.25, -0.2) is 4.58 Å². The van der Waals surface area contributed by atoms with Crippen LogP contribution in [0.2, 0.25) is 0 Å². The molecule has 0 N–H and O–H groups in total. The number of furan rings is 1. The summed E-state index contributed by atoms with van der Waals surface area (Å²) in [6.45, 7) is 5.53. The van der Waals surface area contributed by atoms with E-state index in [-0.39, 0.29) is 0 Å². The molecule has 1 atom stereocenters. The Morgan fingerprint density at radius 1 is 0.970 bits per heavy atom. The van der Waals surface area contributed by atoms with Gasteiger partial charge in [-0.1, -0.05) is 36.4 Å². The quantitative estimate of drug-likeness (QED) is 0.255. The van der Waals surface area contributed by atoms with Crippen LogP contribution in [0.25, 0.3) is 55.2 Å². The van der Waals surface area contributed by atoms with Gasteiger partial charge in [0.2, 0.25) is 0 Å². The first-order chi connectivity index (χ1) is 16.2. The average molecular weight is 428 g/mol. The molecule has 158 valence electrons. The molecule has 0 saturated carbocycles. The van der Waals surface area contributed by atoms with Crippen LogP contribution >= 0.6 is 0 Å². The first kappa shape index (κ1) is 17.7. The highest BCUT2D eigenvalue weighted by molar-refractivity contribution is 6.31. The van der Waals surface area contributed by atoms with Crippen LogP contribution in [0.4, 0.5) is 0 Å². The average Bonchev–Trinajstić information content (AvgIpc) is 3.48. The largest absolute Gasteiger partial charge is 0.456 e. The first-order valence-corrected chi connectivity index (χ1v) is 11.9. The summed E-state index contributed by atoms with van der Waals surface area (Å²) >= 11 is 0. The maximum atomic E-state index is 6.41. The third kappa shape index (κ3) is 2.04. The van der Waals surface area contributed by atoms with Gasteiger partial charge >= 0.3 is 0 Å². The van der Waals surface area contributed by atoms with Crippen molar-refractivity contribution in [2.24, 2.45) is 5.92 Å². The molecule has 6 aromatic rings. The highest BCUT2D eigenvalue weighted by atomic mass is 16.3. The molecule has 0 amide bonds. The smallest absolute Gasteiger partial charge is 0.169 e. The van der Waals surface area contributed by atoms with Crippen molar-refractivity contribution in [1.82, 2.24) is 4.40 Å². The zero-order chi connectivity index (χ0) is 21.8. The van der Waals surface area contributed by atoms with Crippen LogP contribution in [0.15, 0.2) is 76.9 Å². The van der Waals surface area contributed by atoms with E-state index in [9.17, 15) is 0 Å². The molecule has 33 heavy (non-hydrogen) atoms. The van der Waals surface area contributed by atoms with Crippen molar-refractivity contribution in [3.63, 3.8) is 0 Å². The highest BCUT2D eigenvalue weighted by Gasteiger charge is 2.34. The predicted octanol–water partition coefficient (Wildman–Crippen LogP) is 7.16. The molecule has 0 saturated heterocycles. The molecule has 8 rings (SSSR count). The van der Waals surface area contributed by atoms with Crippen LogP contribution in [0.5, 0.6) is 0 Å². The molecule has 3 heteroatoms. The van der Waals surface area contributed by atoms with Crippen molar-refractivity contribution < 1.29 is 8.99 Å². The molecule has 2 aliphatic rings. The van der Waals surface area contributed by atoms with Crippen LogP contribution in [0.1, 0.15) is 25.1 Å². The standard InChI is InChI=1S/C30H23N2O/c1-3-31-13-12-18-14-25-22(15-21(18)17(31)2)23-16-27-28(20-9-5-7-11-26(20)33-27)29-19-8-4-6-10-24(19)32(25)30(23)29/h4-14,16,21H,3,15H2,1-2H3/q+1. The van der Waals surface area contributed by atoms with Gasteiger partial charge in [-0.15, -0.1) is 0 Å². The van der Waals surface area contributed by atoms with Gasteiger partial charge in [-0.3, -0.25) is 0 Å². The number of hydrogen-bond donors (Lipinski definition) is 0. The Bertz CT molecular complexity index is 1890. The van der Waals surface area contributed by atoms with Gasteiger partial charge in [-0.2, -0.15) is 0 Å². The molecule has 3 aromatic carbocycles. The van der Waals surface area contributed by atoms with E-state index in [1.54, 1.807) is 0 Å². The monoisotopic (exact) mass is 427 g/mol. The number of hydrogen-bond acceptors (Lipinski definition) is 1. The second kappa shape index (κ2) is 5.93. The van der Waals surface area contributed by atoms with Crippen molar-refractivity contribution in [2.45, 2.75) is 20.3 Å². The number of benzene rings is 3. The minimum Gasteiger partial charge on any atom is -0.456 e. The van der Waals surface area contributed by atoms with Crippen LogP contribution in [-0.2, 0) is 6.42 Å². The van der Waals surface area contributed by atoms with Crippen LogP contribution in [0.3, 0.4) is 0 Å². The molecular formula is C30H23N2O+. The van der Waals surface area contributed by atoms with E-state index in [0.29, 0.717) is 5.92 Å². The second-order valence-corrected chi connectivity index (χ2v) is 9.48. The number of nitrogens with zero attached hydrogens (tertiary/aromatic N) is 2. The summed E-state index contributed by atoms with van der Waals surface area (Å²) in [4.78, 5) is 0. The van der Waals surface area contributed by atoms with Gasteiger partial charge in [0.25, 0.3) is 0 Å². The molecule has 1 aliphatic carbocycles. The van der Waals surface area contributed by atoms with Crippen LogP contribution in [0, 0.1) is 5.92 Å². The Morgan fingerprint density at radius 3 is 2.67 bits per heavy atom. The SMILES string of the molecule is CC[N+]1=C(C)C2Cc3c(n4c5ccccc5c5c6c(cc3c54)oc3ccccc36)C=C2C=C1. The summed E-state index contributed by atoms with van der Waals surface area (Å²) in [5.74, 6) is 0.436. The number of fused-ring (bicyclic) bond motifs is 11. The topological polar surface area (TPSA) is 20.6 Å². The molecular weight excluding hydrogens is 404 g/mol. The number of allylic oxidation sites excluding steroid dienone is 2. The van der Waals surface area contributed by atoms with E-state index < -0.39 is 0 Å². The number of rotatable bonds is 1. The van der Waals surface area contributed by atoms with E-state index in [4.69, 9.17) is 4.42 Å². The lowest BCUT2D eigenvalue weighted by Crippen LogP contribution is -2.29. The zero-order valence-corrected chi connectivity index (χ0v) is 18.7. The van der Waals surface area contributed by atoms with E-state index >= 15 is 0 Å². The minimum absolute atomic E-state index is 0.436. The molecule has 0 radical (unpaired) electrons. The fourth-order valence-electron chi connectivity index (χ4n) is 6.47. The minimum atomic E-state index is 0.436. The molecule has 0 bridgehead atoms. The van der Waals surface area contributed by atoms with Crippen molar-refractivity contribution in [3.8, 4) is 0 Å². The molecule has 4 heterocycles. The van der Waals surface area contributed by atoms with Gasteiger partial charge in [0.1, 0.15) is 17.7 Å². The number of para-hydroxylation sites is 2. The summed E-state index contributed by atoms with van der Waals surface area (Å²) in [5, 5.41) is 6.40. The van der Waals surface area contributed by atoms with E-state index in [1.807, 2.05) is 0 Å². The fraction of sp³-hybridized carbons (Fsp3) is 0.167. The molecule has 0 spiro atoms. The van der Waals surface area contributed by atoms with Crippen LogP contribution < -0.4 is 0 Å². The summed E-state index contributed by atoms with van der Waals surface area (Å²) in [6.07, 6.45) is 8.02. The Kier molecular flexibility index (Phi) is 3.18. The molecule has 3 aromatic heterocycles. The molecule has 0 fully saturated rings. The van der Waals surface area contributed by atoms with Gasteiger partial charge in [0.15, 0.2) is 11.9 Å². The zero-order valence-electron chi connectivity index (χ0n) is 18.7. The highest BCUT2D eigenvalue weighted by Crippen LogP contribution is 2.47. The Balaban J connectivity index is 1.58. The van der Waals surface area contributed by atoms with E-state index in [0.717, 1.165) is 24.1 Å². The summed E-state index contributed by atoms with van der Waals surface area (Å²) in [7, 11) is 0. The lowest BCUT2D eigenvalue weighted by molar-refractivity contribution is -0.457. The van der Waals surface area contributed by atoms with Crippen molar-refractivity contribution >= 4 is 60.9 Å². The Labute approximate surface area is 190 Å². The van der Waals surface area contributed by atoms with Crippen molar-refractivity contribution in [3.05, 3.63) is 83.7 Å². The third-order valence-electron chi connectivity index (χ3n) is 8.01. The van der Waals surface area contributed by atoms with Crippen LogP contribution in [-0.4, -0.2) is 21.2 Å². The van der Waals surface area contributed by atoms with Gasteiger partial charge in [0.05, 0.1) is 22.6 Å². The lowest BCUT2D eigenvalue weighted by atomic mass is 9.81. The summed E-state index contributed by atoms with van der Waals surface area (Å²) in [6, 6.07) is 19.6. The number of aromatic nitrogens is 1. The second-order valence-electron chi connectivity index (χ2n) is 9.48. The first-order valence-electron chi connectivity index (χ1n) is 11.9. The molecule has 1 unspecified atom stereocenters. The lowest BCUT2D eigenvalue weighted by Gasteiger charge is -2.24. The Morgan fingerprint density at radius 2 is 1.79 bits per heavy atom. The Hall–Kier alpha value is -3.85. The molecule has 3 nitrogen and oxygen atoms in total. The molecule has 1 aliphatic heterocycles. The maximum Gasteiger partial charge on any atom is 0.169 e. The van der Waals surface area contributed by atoms with Crippen molar-refractivity contribution in [1.29, 1.82) is 0 Å². The van der Waals surface area contributed by atoms with Gasteiger partial charge < -0.3 is 8.82 Å².